The molecule has 1 aliphatic rings. The molecule has 132 valence electrons. The highest BCUT2D eigenvalue weighted by atomic mass is 32.1. The normalized spacial score (nSPS) is 16.0. The van der Waals surface area contributed by atoms with Crippen LogP contribution in [0.4, 0.5) is 11.5 Å². The fraction of sp³-hybridized carbons (Fsp3) is 0.400. The molecule has 3 rings (SSSR count). The van der Waals surface area contributed by atoms with E-state index < -0.39 is 0 Å². The first-order chi connectivity index (χ1) is 12.2. The van der Waals surface area contributed by atoms with Gasteiger partial charge in [0.25, 0.3) is 0 Å². The van der Waals surface area contributed by atoms with Crippen molar-refractivity contribution in [3.63, 3.8) is 0 Å². The van der Waals surface area contributed by atoms with Crippen molar-refractivity contribution in [3.05, 3.63) is 54.2 Å². The molecule has 2 N–H and O–H groups in total. The van der Waals surface area contributed by atoms with E-state index in [1.54, 1.807) is 0 Å². The van der Waals surface area contributed by atoms with Crippen molar-refractivity contribution < 1.29 is 0 Å². The molecular formula is C20H26N4S. The lowest BCUT2D eigenvalue weighted by Gasteiger charge is -2.22. The maximum absolute atomic E-state index is 5.43. The average molecular weight is 355 g/mol. The van der Waals surface area contributed by atoms with Crippen LogP contribution in [0.25, 0.3) is 0 Å². The Morgan fingerprint density at radius 3 is 2.40 bits per heavy atom. The van der Waals surface area contributed by atoms with Crippen molar-refractivity contribution in [2.24, 2.45) is 0 Å². The number of rotatable bonds is 4. The van der Waals surface area contributed by atoms with Crippen LogP contribution in [0.5, 0.6) is 0 Å². The van der Waals surface area contributed by atoms with Crippen molar-refractivity contribution >= 4 is 28.8 Å². The SMILES string of the molecule is C[C@H](NC(=S)Nc1ccc(N2CCCCCC2)nc1)c1ccccc1. The summed E-state index contributed by atoms with van der Waals surface area (Å²) in [6.07, 6.45) is 7.03. The van der Waals surface area contributed by atoms with Crippen molar-refractivity contribution in [2.75, 3.05) is 23.3 Å². The summed E-state index contributed by atoms with van der Waals surface area (Å²) >= 11 is 5.43. The number of hydrogen-bond donors (Lipinski definition) is 2. The molecule has 1 atom stereocenters. The fourth-order valence-corrected chi connectivity index (χ4v) is 3.43. The van der Waals surface area contributed by atoms with Crippen LogP contribution in [-0.4, -0.2) is 23.2 Å². The molecule has 5 heteroatoms. The molecule has 2 aromatic rings. The van der Waals surface area contributed by atoms with Crippen LogP contribution in [0.3, 0.4) is 0 Å². The number of hydrogen-bond acceptors (Lipinski definition) is 3. The summed E-state index contributed by atoms with van der Waals surface area (Å²) in [5, 5.41) is 7.15. The second-order valence-corrected chi connectivity index (χ2v) is 6.95. The van der Waals surface area contributed by atoms with Gasteiger partial charge in [0.2, 0.25) is 0 Å². The number of pyridine rings is 1. The van der Waals surface area contributed by atoms with Gasteiger partial charge in [-0.15, -0.1) is 0 Å². The van der Waals surface area contributed by atoms with Gasteiger partial charge in [-0.05, 0) is 49.7 Å². The summed E-state index contributed by atoms with van der Waals surface area (Å²) in [5.41, 5.74) is 2.12. The van der Waals surface area contributed by atoms with Gasteiger partial charge in [0.15, 0.2) is 5.11 Å². The molecule has 0 bridgehead atoms. The van der Waals surface area contributed by atoms with Gasteiger partial charge in [0.05, 0.1) is 17.9 Å². The summed E-state index contributed by atoms with van der Waals surface area (Å²) in [4.78, 5) is 6.99. The predicted molar refractivity (Wildman–Crippen MR) is 109 cm³/mol. The maximum atomic E-state index is 5.43. The van der Waals surface area contributed by atoms with Crippen LogP contribution < -0.4 is 15.5 Å². The number of aromatic nitrogens is 1. The van der Waals surface area contributed by atoms with Crippen LogP contribution in [0.2, 0.25) is 0 Å². The molecule has 1 aromatic heterocycles. The molecule has 1 aromatic carbocycles. The smallest absolute Gasteiger partial charge is 0.171 e. The van der Waals surface area contributed by atoms with E-state index in [-0.39, 0.29) is 6.04 Å². The van der Waals surface area contributed by atoms with Crippen LogP contribution in [0.1, 0.15) is 44.2 Å². The Labute approximate surface area is 155 Å². The topological polar surface area (TPSA) is 40.2 Å². The fourth-order valence-electron chi connectivity index (χ4n) is 3.14. The molecule has 4 nitrogen and oxygen atoms in total. The van der Waals surface area contributed by atoms with Gasteiger partial charge >= 0.3 is 0 Å². The summed E-state index contributed by atoms with van der Waals surface area (Å²) in [7, 11) is 0. The summed E-state index contributed by atoms with van der Waals surface area (Å²) < 4.78 is 0. The van der Waals surface area contributed by atoms with Gasteiger partial charge in [-0.1, -0.05) is 43.2 Å². The quantitative estimate of drug-likeness (QED) is 0.791. The van der Waals surface area contributed by atoms with Gasteiger partial charge in [0.1, 0.15) is 5.82 Å². The van der Waals surface area contributed by atoms with E-state index in [2.05, 4.69) is 45.6 Å². The number of benzene rings is 1. The summed E-state index contributed by atoms with van der Waals surface area (Å²) in [6, 6.07) is 14.6. The van der Waals surface area contributed by atoms with Crippen LogP contribution >= 0.6 is 12.2 Å². The largest absolute Gasteiger partial charge is 0.357 e. The van der Waals surface area contributed by atoms with Crippen LogP contribution in [-0.2, 0) is 0 Å². The maximum Gasteiger partial charge on any atom is 0.171 e. The molecule has 1 saturated heterocycles. The molecule has 0 unspecified atom stereocenters. The van der Waals surface area contributed by atoms with Gasteiger partial charge in [-0.3, -0.25) is 0 Å². The summed E-state index contributed by atoms with van der Waals surface area (Å²) in [6.45, 7) is 4.31. The van der Waals surface area contributed by atoms with Gasteiger partial charge in [0, 0.05) is 13.1 Å². The monoisotopic (exact) mass is 354 g/mol. The molecule has 0 spiro atoms. The first kappa shape index (κ1) is 17.7. The molecule has 1 aliphatic heterocycles. The zero-order valence-electron chi connectivity index (χ0n) is 14.7. The number of nitrogens with one attached hydrogen (secondary N) is 2. The van der Waals surface area contributed by atoms with Crippen molar-refractivity contribution in [3.8, 4) is 0 Å². The lowest BCUT2D eigenvalue weighted by atomic mass is 10.1. The van der Waals surface area contributed by atoms with E-state index in [1.165, 1.54) is 31.2 Å². The molecule has 0 amide bonds. The van der Waals surface area contributed by atoms with E-state index in [1.807, 2.05) is 30.5 Å². The minimum atomic E-state index is 0.158. The second kappa shape index (κ2) is 8.81. The minimum absolute atomic E-state index is 0.158. The van der Waals surface area contributed by atoms with E-state index in [0.717, 1.165) is 24.6 Å². The van der Waals surface area contributed by atoms with Crippen molar-refractivity contribution in [1.82, 2.24) is 10.3 Å². The van der Waals surface area contributed by atoms with Crippen molar-refractivity contribution in [1.29, 1.82) is 0 Å². The Balaban J connectivity index is 1.54. The highest BCUT2D eigenvalue weighted by Gasteiger charge is 2.11. The first-order valence-corrected chi connectivity index (χ1v) is 9.46. The number of nitrogens with zero attached hydrogens (tertiary/aromatic N) is 2. The van der Waals surface area contributed by atoms with Crippen LogP contribution in [0, 0.1) is 0 Å². The first-order valence-electron chi connectivity index (χ1n) is 9.06. The van der Waals surface area contributed by atoms with E-state index in [4.69, 9.17) is 12.2 Å². The Morgan fingerprint density at radius 2 is 1.76 bits per heavy atom. The number of anilines is 2. The standard InChI is InChI=1S/C20H26N4S/c1-16(17-9-5-4-6-10-17)22-20(25)23-18-11-12-19(21-15-18)24-13-7-2-3-8-14-24/h4-6,9-12,15-16H,2-3,7-8,13-14H2,1H3,(H2,22,23,25)/t16-/m0/s1. The molecule has 25 heavy (non-hydrogen) atoms. The van der Waals surface area contributed by atoms with Crippen LogP contribution in [0.15, 0.2) is 48.7 Å². The van der Waals surface area contributed by atoms with Gasteiger partial charge in [-0.25, -0.2) is 4.98 Å². The highest BCUT2D eigenvalue weighted by molar-refractivity contribution is 7.80. The third-order valence-electron chi connectivity index (χ3n) is 4.58. The molecule has 0 radical (unpaired) electrons. The third-order valence-corrected chi connectivity index (χ3v) is 4.80. The Kier molecular flexibility index (Phi) is 6.23. The molecule has 1 fully saturated rings. The van der Waals surface area contributed by atoms with Crippen molar-refractivity contribution in [2.45, 2.75) is 38.6 Å². The van der Waals surface area contributed by atoms with Gasteiger partial charge in [-0.2, -0.15) is 0 Å². The Bertz CT molecular complexity index is 664. The molecule has 2 heterocycles. The lowest BCUT2D eigenvalue weighted by molar-refractivity contribution is 0.722. The lowest BCUT2D eigenvalue weighted by Crippen LogP contribution is -2.31. The van der Waals surface area contributed by atoms with E-state index >= 15 is 0 Å². The average Bonchev–Trinajstić information content (AvgIpc) is 2.92. The number of thiocarbonyl (C=S) groups is 1. The highest BCUT2D eigenvalue weighted by Crippen LogP contribution is 2.19. The second-order valence-electron chi connectivity index (χ2n) is 6.54. The van der Waals surface area contributed by atoms with Gasteiger partial charge < -0.3 is 15.5 Å². The molecule has 0 saturated carbocycles. The predicted octanol–water partition coefficient (Wildman–Crippen LogP) is 4.51. The molecule has 0 aliphatic carbocycles. The zero-order chi connectivity index (χ0) is 17.5. The molecular weight excluding hydrogens is 328 g/mol. The minimum Gasteiger partial charge on any atom is -0.357 e. The van der Waals surface area contributed by atoms with E-state index in [9.17, 15) is 0 Å². The zero-order valence-corrected chi connectivity index (χ0v) is 15.6. The Hall–Kier alpha value is -2.14. The third kappa shape index (κ3) is 5.16. The summed E-state index contributed by atoms with van der Waals surface area (Å²) in [5.74, 6) is 1.06. The Morgan fingerprint density at radius 1 is 1.04 bits per heavy atom. The van der Waals surface area contributed by atoms with E-state index in [0.29, 0.717) is 5.11 Å².